The summed E-state index contributed by atoms with van der Waals surface area (Å²) in [6, 6.07) is 4.67. The van der Waals surface area contributed by atoms with E-state index in [9.17, 15) is 9.59 Å². The van der Waals surface area contributed by atoms with E-state index >= 15 is 0 Å². The topological polar surface area (TPSA) is 46.6 Å². The Morgan fingerprint density at radius 3 is 2.62 bits per heavy atom. The molecule has 1 fully saturated rings. The summed E-state index contributed by atoms with van der Waals surface area (Å²) >= 11 is 1.84. The van der Waals surface area contributed by atoms with Crippen LogP contribution in [0, 0.1) is 5.92 Å². The summed E-state index contributed by atoms with van der Waals surface area (Å²) in [4.78, 5) is 29.0. The second-order valence-corrected chi connectivity index (χ2v) is 8.73. The molecule has 4 nitrogen and oxygen atoms in total. The van der Waals surface area contributed by atoms with E-state index in [0.29, 0.717) is 6.61 Å². The number of piperidine rings is 1. The van der Waals surface area contributed by atoms with E-state index < -0.39 is 5.97 Å². The molecule has 2 rings (SSSR count). The van der Waals surface area contributed by atoms with Crippen LogP contribution in [0.15, 0.2) is 12.1 Å². The maximum absolute atomic E-state index is 12.4. The van der Waals surface area contributed by atoms with Gasteiger partial charge in [-0.25, -0.2) is 0 Å². The van der Waals surface area contributed by atoms with E-state index in [1.807, 2.05) is 11.3 Å². The number of hydrogen-bond acceptors (Lipinski definition) is 5. The van der Waals surface area contributed by atoms with E-state index in [4.69, 9.17) is 4.74 Å². The van der Waals surface area contributed by atoms with Crippen LogP contribution in [0.1, 0.15) is 62.8 Å². The smallest absolute Gasteiger partial charge is 0.313 e. The van der Waals surface area contributed by atoms with E-state index in [-0.39, 0.29) is 29.6 Å². The molecule has 2 heterocycles. The van der Waals surface area contributed by atoms with Crippen LogP contribution in [0.25, 0.3) is 0 Å². The van der Waals surface area contributed by atoms with Crippen LogP contribution in [-0.4, -0.2) is 36.9 Å². The minimum Gasteiger partial charge on any atom is -0.466 e. The molecule has 1 aromatic rings. The Bertz CT molecular complexity index is 588. The number of rotatable bonds is 5. The van der Waals surface area contributed by atoms with Gasteiger partial charge in [-0.15, -0.1) is 11.3 Å². The lowest BCUT2D eigenvalue weighted by Gasteiger charge is -2.36. The molecule has 0 N–H and O–H groups in total. The van der Waals surface area contributed by atoms with Crippen LogP contribution < -0.4 is 0 Å². The summed E-state index contributed by atoms with van der Waals surface area (Å²) < 4.78 is 4.91. The average molecular weight is 352 g/mol. The maximum atomic E-state index is 12.4. The number of carbonyl (C=O) groups excluding carboxylic acids is 2. The number of esters is 1. The highest BCUT2D eigenvalue weighted by molar-refractivity contribution is 7.12. The molecule has 5 heteroatoms. The van der Waals surface area contributed by atoms with Crippen molar-refractivity contribution in [3.8, 4) is 0 Å². The lowest BCUT2D eigenvalue weighted by molar-refractivity contribution is -0.146. The third-order valence-corrected chi connectivity index (χ3v) is 6.26. The van der Waals surface area contributed by atoms with E-state index in [0.717, 1.165) is 19.4 Å². The number of Topliss-reactive ketones (excluding diaryl/α,β-unsaturated/α-hetero) is 1. The van der Waals surface area contributed by atoms with Crippen molar-refractivity contribution in [1.29, 1.82) is 0 Å². The zero-order valence-corrected chi connectivity index (χ0v) is 16.2. The second kappa shape index (κ2) is 7.79. The molecule has 0 bridgehead atoms. The SMILES string of the molecule is CCOC(=O)CC(=O)[C@@H]1CCN(C)[C@H](c2ccc(C(C)(C)C)s2)C1. The Morgan fingerprint density at radius 1 is 1.33 bits per heavy atom. The lowest BCUT2D eigenvalue weighted by atomic mass is 9.86. The van der Waals surface area contributed by atoms with Crippen LogP contribution in [0.4, 0.5) is 0 Å². The van der Waals surface area contributed by atoms with Gasteiger partial charge in [0.05, 0.1) is 6.61 Å². The first-order valence-electron chi connectivity index (χ1n) is 8.71. The predicted octanol–water partition coefficient (Wildman–Crippen LogP) is 3.95. The van der Waals surface area contributed by atoms with E-state index in [1.54, 1.807) is 6.92 Å². The third-order valence-electron chi connectivity index (χ3n) is 4.64. The number of thiophene rings is 1. The molecule has 134 valence electrons. The highest BCUT2D eigenvalue weighted by Gasteiger charge is 2.33. The van der Waals surface area contributed by atoms with Crippen molar-refractivity contribution >= 4 is 23.1 Å². The van der Waals surface area contributed by atoms with Crippen LogP contribution in [0.3, 0.4) is 0 Å². The minimum absolute atomic E-state index is 0.0270. The van der Waals surface area contributed by atoms with Crippen molar-refractivity contribution in [2.24, 2.45) is 5.92 Å². The molecular weight excluding hydrogens is 322 g/mol. The van der Waals surface area contributed by atoms with Gasteiger partial charge in [0, 0.05) is 21.7 Å². The number of nitrogens with zero attached hydrogens (tertiary/aromatic N) is 1. The van der Waals surface area contributed by atoms with Gasteiger partial charge in [0.2, 0.25) is 0 Å². The van der Waals surface area contributed by atoms with E-state index in [1.165, 1.54) is 9.75 Å². The van der Waals surface area contributed by atoms with Gasteiger partial charge in [-0.3, -0.25) is 14.5 Å². The number of hydrogen-bond donors (Lipinski definition) is 0. The summed E-state index contributed by atoms with van der Waals surface area (Å²) in [6.45, 7) is 9.63. The molecule has 1 aliphatic rings. The third kappa shape index (κ3) is 4.67. The van der Waals surface area contributed by atoms with Gasteiger partial charge in [0.1, 0.15) is 12.2 Å². The molecule has 2 atom stereocenters. The van der Waals surface area contributed by atoms with Gasteiger partial charge in [-0.2, -0.15) is 0 Å². The molecule has 0 unspecified atom stereocenters. The first-order valence-corrected chi connectivity index (χ1v) is 9.52. The van der Waals surface area contributed by atoms with Gasteiger partial charge < -0.3 is 4.74 Å². The summed E-state index contributed by atoms with van der Waals surface area (Å²) in [5.41, 5.74) is 0.148. The van der Waals surface area contributed by atoms with Crippen molar-refractivity contribution in [3.63, 3.8) is 0 Å². The number of likely N-dealkylation sites (tertiary alicyclic amines) is 1. The summed E-state index contributed by atoms with van der Waals surface area (Å²) in [6.07, 6.45) is 1.52. The summed E-state index contributed by atoms with van der Waals surface area (Å²) in [5.74, 6) is -0.418. The summed E-state index contributed by atoms with van der Waals surface area (Å²) in [7, 11) is 2.12. The molecule has 0 spiro atoms. The van der Waals surface area contributed by atoms with Crippen molar-refractivity contribution in [2.75, 3.05) is 20.2 Å². The zero-order valence-electron chi connectivity index (χ0n) is 15.4. The first kappa shape index (κ1) is 19.1. The molecule has 1 aliphatic heterocycles. The normalized spacial score (nSPS) is 22.4. The Morgan fingerprint density at radius 2 is 2.04 bits per heavy atom. The molecule has 0 aromatic carbocycles. The van der Waals surface area contributed by atoms with Gasteiger partial charge in [-0.1, -0.05) is 20.8 Å². The fraction of sp³-hybridized carbons (Fsp3) is 0.684. The van der Waals surface area contributed by atoms with Gasteiger partial charge in [0.15, 0.2) is 0 Å². The zero-order chi connectivity index (χ0) is 17.9. The maximum Gasteiger partial charge on any atom is 0.313 e. The lowest BCUT2D eigenvalue weighted by Crippen LogP contribution is -2.36. The Balaban J connectivity index is 2.06. The second-order valence-electron chi connectivity index (χ2n) is 7.62. The standard InChI is InChI=1S/C19H29NO3S/c1-6-23-18(22)12-15(21)13-9-10-20(5)14(11-13)16-7-8-17(24-16)19(2,3)4/h7-8,13-14H,6,9-12H2,1-5H3/t13-,14+/m1/s1. The fourth-order valence-electron chi connectivity index (χ4n) is 3.14. The van der Waals surface area contributed by atoms with Crippen LogP contribution in [0.5, 0.6) is 0 Å². The quantitative estimate of drug-likeness (QED) is 0.595. The van der Waals surface area contributed by atoms with Gasteiger partial charge >= 0.3 is 5.97 Å². The number of ether oxygens (including phenoxy) is 1. The van der Waals surface area contributed by atoms with Crippen LogP contribution >= 0.6 is 11.3 Å². The number of ketones is 1. The van der Waals surface area contributed by atoms with Crippen molar-refractivity contribution < 1.29 is 14.3 Å². The monoisotopic (exact) mass is 351 g/mol. The highest BCUT2D eigenvalue weighted by Crippen LogP contribution is 2.39. The van der Waals surface area contributed by atoms with Gasteiger partial charge in [0.25, 0.3) is 0 Å². The van der Waals surface area contributed by atoms with E-state index in [2.05, 4.69) is 44.9 Å². The largest absolute Gasteiger partial charge is 0.466 e. The minimum atomic E-state index is -0.399. The van der Waals surface area contributed by atoms with Crippen LogP contribution in [0.2, 0.25) is 0 Å². The van der Waals surface area contributed by atoms with Crippen LogP contribution in [-0.2, 0) is 19.7 Å². The Labute approximate surface area is 149 Å². The predicted molar refractivity (Wildman–Crippen MR) is 97.4 cm³/mol. The van der Waals surface area contributed by atoms with Crippen molar-refractivity contribution in [2.45, 2.75) is 58.4 Å². The summed E-state index contributed by atoms with van der Waals surface area (Å²) in [5, 5.41) is 0. The Hall–Kier alpha value is -1.20. The molecule has 0 radical (unpaired) electrons. The fourth-order valence-corrected chi connectivity index (χ4v) is 4.39. The molecule has 0 saturated carbocycles. The molecule has 1 aromatic heterocycles. The van der Waals surface area contributed by atoms with Gasteiger partial charge in [-0.05, 0) is 50.9 Å². The first-order chi connectivity index (χ1) is 11.2. The molecule has 0 aliphatic carbocycles. The van der Waals surface area contributed by atoms with Crippen molar-refractivity contribution in [1.82, 2.24) is 4.90 Å². The molecule has 0 amide bonds. The average Bonchev–Trinajstić information content (AvgIpc) is 2.97. The Kier molecular flexibility index (Phi) is 6.21. The number of carbonyl (C=O) groups is 2. The highest BCUT2D eigenvalue weighted by atomic mass is 32.1. The van der Waals surface area contributed by atoms with Crippen molar-refractivity contribution in [3.05, 3.63) is 21.9 Å². The molecule has 24 heavy (non-hydrogen) atoms. The molecular formula is C19H29NO3S. The molecule has 1 saturated heterocycles.